The first-order chi connectivity index (χ1) is 22.8. The van der Waals surface area contributed by atoms with Gasteiger partial charge in [0.15, 0.2) is 0 Å². The maximum Gasteiger partial charge on any atom is 0.338 e. The number of hydrogen-bond acceptors (Lipinski definition) is 6. The number of nitrogens with one attached hydrogen (secondary N) is 1. The Morgan fingerprint density at radius 3 is 2.17 bits per heavy atom. The standard InChI is InChI=1S/C38H39NO8S/c1-24-4-14-34(15-5-24)48(45,46)39-33-12-10-30(11-13-33)36(42)47-19-17-27-16-18-38(37(43)44)31(20-25(2)21-32(38)23-27)22-26(3)28-6-8-29(9-7-28)35(40)41/h4-16,18,20,22,27,31-32,39H,17,19,21,23H2,1-3H3,(H,40,41)(H,43,44)/b26-22+/t27-,31-,32-,38+/m0/s1. The number of ether oxygens (including phenoxy) is 1. The first kappa shape index (κ1) is 34.4. The van der Waals surface area contributed by atoms with Crippen LogP contribution in [0.3, 0.4) is 0 Å². The predicted molar refractivity (Wildman–Crippen MR) is 183 cm³/mol. The third-order valence-corrected chi connectivity index (χ3v) is 10.7. The second-order valence-corrected chi connectivity index (χ2v) is 14.4. The number of sulfonamides is 1. The molecule has 0 saturated heterocycles. The second-order valence-electron chi connectivity index (χ2n) is 12.7. The van der Waals surface area contributed by atoms with E-state index in [9.17, 15) is 33.0 Å². The van der Waals surface area contributed by atoms with Gasteiger partial charge in [-0.2, -0.15) is 0 Å². The highest BCUT2D eigenvalue weighted by Crippen LogP contribution is 2.52. The normalized spacial score (nSPS) is 22.3. The first-order valence-electron chi connectivity index (χ1n) is 15.8. The van der Waals surface area contributed by atoms with Crippen molar-refractivity contribution in [1.82, 2.24) is 0 Å². The van der Waals surface area contributed by atoms with Crippen LogP contribution < -0.4 is 4.72 Å². The molecule has 0 spiro atoms. The SMILES string of the molecule is CC1=C[C@@H](/C=C(\C)c2ccc(C(=O)O)cc2)[C@]2(C(=O)O)C=C[C@@H](CCOC(=O)c3ccc(NS(=O)(=O)c4ccc(C)cc4)cc3)C[C@@H]2C1. The molecule has 9 nitrogen and oxygen atoms in total. The molecular formula is C38H39NO8S. The largest absolute Gasteiger partial charge is 0.481 e. The average molecular weight is 670 g/mol. The van der Waals surface area contributed by atoms with E-state index in [1.165, 1.54) is 48.5 Å². The zero-order valence-corrected chi connectivity index (χ0v) is 27.9. The van der Waals surface area contributed by atoms with Gasteiger partial charge < -0.3 is 14.9 Å². The van der Waals surface area contributed by atoms with Crippen molar-refractivity contribution in [3.05, 3.63) is 125 Å². The number of aryl methyl sites for hydroxylation is 1. The average Bonchev–Trinajstić information content (AvgIpc) is 3.04. The van der Waals surface area contributed by atoms with Crippen molar-refractivity contribution in [1.29, 1.82) is 0 Å². The molecule has 48 heavy (non-hydrogen) atoms. The molecule has 10 heteroatoms. The number of aliphatic carboxylic acids is 1. The molecule has 0 heterocycles. The van der Waals surface area contributed by atoms with Gasteiger partial charge in [0.05, 0.1) is 28.0 Å². The van der Waals surface area contributed by atoms with Gasteiger partial charge in [-0.15, -0.1) is 0 Å². The lowest BCUT2D eigenvalue weighted by Gasteiger charge is -2.46. The van der Waals surface area contributed by atoms with Gasteiger partial charge in [0, 0.05) is 11.6 Å². The summed E-state index contributed by atoms with van der Waals surface area (Å²) in [5.74, 6) is -2.96. The number of benzene rings is 3. The molecule has 5 rings (SSSR count). The number of allylic oxidation sites excluding steroid dienone is 5. The van der Waals surface area contributed by atoms with Crippen LogP contribution >= 0.6 is 0 Å². The van der Waals surface area contributed by atoms with Crippen molar-refractivity contribution < 1.29 is 37.8 Å². The number of aromatic carboxylic acids is 1. The van der Waals surface area contributed by atoms with Gasteiger partial charge in [-0.25, -0.2) is 18.0 Å². The topological polar surface area (TPSA) is 147 Å². The van der Waals surface area contributed by atoms with Gasteiger partial charge in [-0.3, -0.25) is 9.52 Å². The van der Waals surface area contributed by atoms with E-state index in [0.29, 0.717) is 24.9 Å². The quantitative estimate of drug-likeness (QED) is 0.142. The molecule has 0 unspecified atom stereocenters. The molecule has 0 fully saturated rings. The Hall–Kier alpha value is -4.96. The fraction of sp³-hybridized carbons (Fsp3) is 0.289. The molecule has 2 aliphatic carbocycles. The van der Waals surface area contributed by atoms with E-state index in [1.807, 2.05) is 45.1 Å². The highest BCUT2D eigenvalue weighted by molar-refractivity contribution is 7.92. The van der Waals surface area contributed by atoms with Crippen LogP contribution in [0.5, 0.6) is 0 Å². The Bertz CT molecular complexity index is 1890. The number of carboxylic acid groups (broad SMARTS) is 2. The second kappa shape index (κ2) is 14.0. The number of fused-ring (bicyclic) bond motifs is 1. The van der Waals surface area contributed by atoms with Crippen LogP contribution in [0, 0.1) is 30.1 Å². The molecule has 2 aliphatic rings. The van der Waals surface area contributed by atoms with E-state index in [1.54, 1.807) is 24.3 Å². The Morgan fingerprint density at radius 1 is 0.917 bits per heavy atom. The van der Waals surface area contributed by atoms with Crippen molar-refractivity contribution in [3.8, 4) is 0 Å². The number of hydrogen-bond donors (Lipinski definition) is 3. The molecule has 0 aromatic heterocycles. The molecule has 3 aromatic carbocycles. The third kappa shape index (κ3) is 7.44. The predicted octanol–water partition coefficient (Wildman–Crippen LogP) is 7.37. The highest BCUT2D eigenvalue weighted by atomic mass is 32.2. The molecule has 0 radical (unpaired) electrons. The summed E-state index contributed by atoms with van der Waals surface area (Å²) in [5, 5.41) is 19.8. The number of anilines is 1. The van der Waals surface area contributed by atoms with E-state index < -0.39 is 39.3 Å². The van der Waals surface area contributed by atoms with Gasteiger partial charge >= 0.3 is 17.9 Å². The summed E-state index contributed by atoms with van der Waals surface area (Å²) in [4.78, 5) is 37.1. The summed E-state index contributed by atoms with van der Waals surface area (Å²) in [6, 6.07) is 19.1. The Balaban J connectivity index is 1.21. The van der Waals surface area contributed by atoms with E-state index in [2.05, 4.69) is 4.72 Å². The molecule has 0 amide bonds. The van der Waals surface area contributed by atoms with Gasteiger partial charge in [0.1, 0.15) is 0 Å². The highest BCUT2D eigenvalue weighted by Gasteiger charge is 2.52. The smallest absolute Gasteiger partial charge is 0.338 e. The van der Waals surface area contributed by atoms with Gasteiger partial charge in [-0.1, -0.05) is 59.7 Å². The minimum Gasteiger partial charge on any atom is -0.481 e. The summed E-state index contributed by atoms with van der Waals surface area (Å²) < 4.78 is 33.4. The fourth-order valence-electron chi connectivity index (χ4n) is 6.63. The summed E-state index contributed by atoms with van der Waals surface area (Å²) in [6.07, 6.45) is 9.52. The molecular weight excluding hydrogens is 630 g/mol. The van der Waals surface area contributed by atoms with Crippen molar-refractivity contribution >= 4 is 39.2 Å². The first-order valence-corrected chi connectivity index (χ1v) is 17.3. The molecule has 250 valence electrons. The van der Waals surface area contributed by atoms with Gasteiger partial charge in [0.25, 0.3) is 10.0 Å². The molecule has 3 aromatic rings. The van der Waals surface area contributed by atoms with Crippen molar-refractivity contribution in [3.63, 3.8) is 0 Å². The zero-order chi connectivity index (χ0) is 34.6. The van der Waals surface area contributed by atoms with E-state index >= 15 is 0 Å². The number of rotatable bonds is 11. The maximum atomic E-state index is 12.9. The van der Waals surface area contributed by atoms with Crippen LogP contribution in [-0.2, 0) is 19.6 Å². The molecule has 3 N–H and O–H groups in total. The fourth-order valence-corrected chi connectivity index (χ4v) is 7.69. The van der Waals surface area contributed by atoms with Crippen LogP contribution in [-0.4, -0.2) is 43.1 Å². The summed E-state index contributed by atoms with van der Waals surface area (Å²) in [5.41, 5.74) is 3.40. The minimum absolute atomic E-state index is 0.0222. The van der Waals surface area contributed by atoms with E-state index in [-0.39, 0.29) is 34.5 Å². The Labute approximate surface area is 280 Å². The Kier molecular flexibility index (Phi) is 10.0. The van der Waals surface area contributed by atoms with E-state index in [0.717, 1.165) is 22.3 Å². The minimum atomic E-state index is -3.77. The molecule has 0 aliphatic heterocycles. The van der Waals surface area contributed by atoms with Crippen molar-refractivity contribution in [2.45, 2.75) is 44.9 Å². The lowest BCUT2D eigenvalue weighted by atomic mass is 9.56. The van der Waals surface area contributed by atoms with Crippen molar-refractivity contribution in [2.75, 3.05) is 11.3 Å². The van der Waals surface area contributed by atoms with Gasteiger partial charge in [-0.05, 0) is 112 Å². The van der Waals surface area contributed by atoms with Crippen LogP contribution in [0.25, 0.3) is 5.57 Å². The molecule has 0 bridgehead atoms. The Morgan fingerprint density at radius 2 is 1.54 bits per heavy atom. The van der Waals surface area contributed by atoms with Crippen LogP contribution in [0.15, 0.2) is 108 Å². The van der Waals surface area contributed by atoms with E-state index in [4.69, 9.17) is 4.74 Å². The zero-order valence-electron chi connectivity index (χ0n) is 27.1. The third-order valence-electron chi connectivity index (χ3n) is 9.30. The van der Waals surface area contributed by atoms with Gasteiger partial charge in [0.2, 0.25) is 0 Å². The number of carbonyl (C=O) groups is 3. The molecule has 4 atom stereocenters. The summed E-state index contributed by atoms with van der Waals surface area (Å²) >= 11 is 0. The lowest BCUT2D eigenvalue weighted by molar-refractivity contribution is -0.152. The number of carboxylic acids is 2. The maximum absolute atomic E-state index is 12.9. The number of esters is 1. The van der Waals surface area contributed by atoms with Crippen LogP contribution in [0.2, 0.25) is 0 Å². The van der Waals surface area contributed by atoms with Crippen LogP contribution in [0.1, 0.15) is 65.0 Å². The lowest BCUT2D eigenvalue weighted by Crippen LogP contribution is -2.47. The van der Waals surface area contributed by atoms with Crippen LogP contribution in [0.4, 0.5) is 5.69 Å². The van der Waals surface area contributed by atoms with Crippen molar-refractivity contribution in [2.24, 2.45) is 23.2 Å². The monoisotopic (exact) mass is 669 g/mol. The summed E-state index contributed by atoms with van der Waals surface area (Å²) in [7, 11) is -3.77. The summed E-state index contributed by atoms with van der Waals surface area (Å²) in [6.45, 7) is 5.93. The number of carbonyl (C=O) groups excluding carboxylic acids is 1. The molecule has 0 saturated carbocycles.